The van der Waals surface area contributed by atoms with Crippen LogP contribution in [0.1, 0.15) is 18.5 Å². The zero-order valence-electron chi connectivity index (χ0n) is 27.3. The van der Waals surface area contributed by atoms with Crippen molar-refractivity contribution in [1.82, 2.24) is 34.9 Å². The zero-order valence-corrected chi connectivity index (χ0v) is 27.3. The van der Waals surface area contributed by atoms with Gasteiger partial charge in [-0.3, -0.25) is 24.6 Å². The van der Waals surface area contributed by atoms with Crippen molar-refractivity contribution in [2.24, 2.45) is 0 Å². The minimum Gasteiger partial charge on any atom is -0.367 e. The Balaban J connectivity index is 0.882. The molecule has 1 unspecified atom stereocenters. The molecule has 250 valence electrons. The molecule has 2 aromatic carbocycles. The number of methoxy groups -OCH3 is 1. The number of piperazine rings is 1. The number of amides is 2. The highest BCUT2D eigenvalue weighted by Crippen LogP contribution is 2.36. The van der Waals surface area contributed by atoms with Crippen LogP contribution in [0.3, 0.4) is 0 Å². The van der Waals surface area contributed by atoms with E-state index in [4.69, 9.17) is 4.74 Å². The Morgan fingerprint density at radius 1 is 1.02 bits per heavy atom. The Morgan fingerprint density at radius 3 is 2.57 bits per heavy atom. The molecule has 13 heteroatoms. The number of aryl methyl sites for hydroxylation is 1. The zero-order chi connectivity index (χ0) is 33.7. The van der Waals surface area contributed by atoms with Gasteiger partial charge >= 0.3 is 0 Å². The Bertz CT molecular complexity index is 2040. The largest absolute Gasteiger partial charge is 0.367 e. The average molecular weight is 662 g/mol. The second-order valence-corrected chi connectivity index (χ2v) is 13.1. The summed E-state index contributed by atoms with van der Waals surface area (Å²) in [5.41, 5.74) is 4.97. The van der Waals surface area contributed by atoms with Crippen molar-refractivity contribution in [1.29, 1.82) is 0 Å². The predicted molar refractivity (Wildman–Crippen MR) is 182 cm³/mol. The number of anilines is 2. The number of fused-ring (bicyclic) bond motifs is 3. The maximum atomic E-state index is 13.7. The molecule has 0 aliphatic carbocycles. The molecule has 2 bridgehead atoms. The van der Waals surface area contributed by atoms with Crippen LogP contribution in [-0.2, 0) is 14.3 Å². The van der Waals surface area contributed by atoms with Gasteiger partial charge in [0.25, 0.3) is 5.91 Å². The summed E-state index contributed by atoms with van der Waals surface area (Å²) in [6.45, 7) is 4.51. The topological polar surface area (TPSA) is 132 Å². The number of halogens is 1. The van der Waals surface area contributed by atoms with Crippen LogP contribution in [0.25, 0.3) is 33.5 Å². The lowest BCUT2D eigenvalue weighted by Crippen LogP contribution is -2.52. The van der Waals surface area contributed by atoms with Gasteiger partial charge in [0.05, 0.1) is 30.5 Å². The number of aromatic nitrogens is 5. The van der Waals surface area contributed by atoms with Crippen LogP contribution in [0.5, 0.6) is 0 Å². The summed E-state index contributed by atoms with van der Waals surface area (Å²) in [6.07, 6.45) is 5.49. The number of aromatic amines is 1. The lowest BCUT2D eigenvalue weighted by molar-refractivity contribution is -0.138. The van der Waals surface area contributed by atoms with Gasteiger partial charge in [0.1, 0.15) is 5.69 Å². The number of carbonyl (C=O) groups is 2. The number of hydrogen-bond donors (Lipinski definition) is 2. The molecule has 3 aliphatic rings. The minimum atomic E-state index is -1.07. The fraction of sp³-hybridized carbons (Fsp3) is 0.333. The van der Waals surface area contributed by atoms with E-state index in [0.717, 1.165) is 64.5 Å². The van der Waals surface area contributed by atoms with E-state index in [-0.39, 0.29) is 30.4 Å². The van der Waals surface area contributed by atoms with E-state index < -0.39 is 11.4 Å². The Hall–Kier alpha value is -5.27. The van der Waals surface area contributed by atoms with Crippen LogP contribution in [0.15, 0.2) is 73.2 Å². The van der Waals surface area contributed by atoms with E-state index in [1.54, 1.807) is 13.3 Å². The molecule has 3 atom stereocenters. The second-order valence-electron chi connectivity index (χ2n) is 13.1. The SMILES string of the molecule is COC1(C(=O)Nc2ccc3[nH]nc(-c4ccnc(C)c4)c3c2)CCN(CC(=O)N2C[C@@H]3C[C@H]2CN3c2ccc(-c3ncc(F)cn3)cc2)C1. The summed E-state index contributed by atoms with van der Waals surface area (Å²) >= 11 is 0. The number of likely N-dealkylation sites (tertiary alicyclic amines) is 2. The summed E-state index contributed by atoms with van der Waals surface area (Å²) in [7, 11) is 1.56. The maximum absolute atomic E-state index is 13.7. The molecule has 49 heavy (non-hydrogen) atoms. The van der Waals surface area contributed by atoms with E-state index >= 15 is 0 Å². The molecule has 3 saturated heterocycles. The molecule has 2 amide bonds. The Labute approximate surface area is 282 Å². The van der Waals surface area contributed by atoms with E-state index in [0.29, 0.717) is 37.6 Å². The maximum Gasteiger partial charge on any atom is 0.258 e. The van der Waals surface area contributed by atoms with Gasteiger partial charge in [-0.15, -0.1) is 0 Å². The molecular formula is C36H36FN9O3. The third-order valence-electron chi connectivity index (χ3n) is 10.1. The Kier molecular flexibility index (Phi) is 7.80. The molecule has 6 heterocycles. The van der Waals surface area contributed by atoms with E-state index in [1.807, 2.05) is 71.3 Å². The minimum absolute atomic E-state index is 0.0764. The molecule has 2 N–H and O–H groups in total. The van der Waals surface area contributed by atoms with Crippen molar-refractivity contribution in [2.75, 3.05) is 50.1 Å². The molecule has 12 nitrogen and oxygen atoms in total. The normalized spacial score (nSPS) is 21.9. The quantitative estimate of drug-likeness (QED) is 0.253. The lowest BCUT2D eigenvalue weighted by atomic mass is 10.0. The highest BCUT2D eigenvalue weighted by molar-refractivity contribution is 6.01. The first-order chi connectivity index (χ1) is 23.8. The molecule has 3 fully saturated rings. The van der Waals surface area contributed by atoms with Gasteiger partial charge < -0.3 is 19.9 Å². The lowest BCUT2D eigenvalue weighted by Gasteiger charge is -2.36. The van der Waals surface area contributed by atoms with E-state index in [9.17, 15) is 14.0 Å². The highest BCUT2D eigenvalue weighted by atomic mass is 19.1. The summed E-state index contributed by atoms with van der Waals surface area (Å²) < 4.78 is 19.1. The van der Waals surface area contributed by atoms with Crippen LogP contribution in [0, 0.1) is 12.7 Å². The molecule has 3 aromatic heterocycles. The summed E-state index contributed by atoms with van der Waals surface area (Å²) in [4.78, 5) is 46.0. The van der Waals surface area contributed by atoms with E-state index in [2.05, 4.69) is 35.4 Å². The molecular weight excluding hydrogens is 625 g/mol. The summed E-state index contributed by atoms with van der Waals surface area (Å²) in [5.74, 6) is -0.146. The van der Waals surface area contributed by atoms with Crippen molar-refractivity contribution in [2.45, 2.75) is 37.5 Å². The van der Waals surface area contributed by atoms with Crippen LogP contribution in [-0.4, -0.2) is 104 Å². The van der Waals surface area contributed by atoms with Gasteiger partial charge in [-0.25, -0.2) is 14.4 Å². The molecule has 0 radical (unpaired) electrons. The van der Waals surface area contributed by atoms with Gasteiger partial charge in [-0.05, 0) is 74.4 Å². The van der Waals surface area contributed by atoms with Gasteiger partial charge in [0.15, 0.2) is 17.2 Å². The first-order valence-corrected chi connectivity index (χ1v) is 16.4. The molecule has 8 rings (SSSR count). The number of pyridine rings is 1. The number of nitrogens with zero attached hydrogens (tertiary/aromatic N) is 7. The van der Waals surface area contributed by atoms with Crippen molar-refractivity contribution in [3.8, 4) is 22.6 Å². The number of ether oxygens (including phenoxy) is 1. The third-order valence-corrected chi connectivity index (χ3v) is 10.1. The van der Waals surface area contributed by atoms with Crippen LogP contribution >= 0.6 is 0 Å². The van der Waals surface area contributed by atoms with Gasteiger partial charge in [0.2, 0.25) is 5.91 Å². The number of rotatable bonds is 8. The number of hydrogen-bond acceptors (Lipinski definition) is 9. The first kappa shape index (κ1) is 31.0. The number of nitrogens with one attached hydrogen (secondary N) is 2. The first-order valence-electron chi connectivity index (χ1n) is 16.4. The summed E-state index contributed by atoms with van der Waals surface area (Å²) in [6, 6.07) is 17.9. The van der Waals surface area contributed by atoms with Crippen LogP contribution in [0.2, 0.25) is 0 Å². The highest BCUT2D eigenvalue weighted by Gasteiger charge is 2.48. The molecule has 5 aromatic rings. The molecule has 0 saturated carbocycles. The van der Waals surface area contributed by atoms with Crippen molar-refractivity contribution < 1.29 is 18.7 Å². The third kappa shape index (κ3) is 5.78. The fourth-order valence-electron chi connectivity index (χ4n) is 7.52. The summed E-state index contributed by atoms with van der Waals surface area (Å²) in [5, 5.41) is 11.5. The number of benzene rings is 2. The monoisotopic (exact) mass is 661 g/mol. The smallest absolute Gasteiger partial charge is 0.258 e. The average Bonchev–Trinajstić information content (AvgIpc) is 3.92. The Morgan fingerprint density at radius 2 is 1.84 bits per heavy atom. The van der Waals surface area contributed by atoms with E-state index in [1.165, 1.54) is 0 Å². The standard InChI is InChI=1S/C36H36FN9O3/c1-22-13-24(9-11-38-22)33-30-14-26(5-8-31(30)42-43-33)41-35(48)36(49-2)10-12-44(21-36)20-32(47)46-19-28-15-29(46)18-45(28)27-6-3-23(4-7-27)34-39-16-25(37)17-40-34/h3-9,11,13-14,16-17,28-29H,10,12,15,18-21H2,1-2H3,(H,41,48)(H,42,43)/t28-,29-,36?/m0/s1. The number of carbonyl (C=O) groups excluding carboxylic acids is 2. The van der Waals surface area contributed by atoms with Gasteiger partial charge in [-0.1, -0.05) is 0 Å². The fourth-order valence-corrected chi connectivity index (χ4v) is 7.52. The molecule has 3 aliphatic heterocycles. The van der Waals surface area contributed by atoms with Crippen LogP contribution < -0.4 is 10.2 Å². The van der Waals surface area contributed by atoms with Gasteiger partial charge in [0, 0.05) is 79.1 Å². The molecule has 0 spiro atoms. The van der Waals surface area contributed by atoms with Crippen LogP contribution in [0.4, 0.5) is 15.8 Å². The second kappa shape index (κ2) is 12.3. The van der Waals surface area contributed by atoms with Gasteiger partial charge in [-0.2, -0.15) is 5.10 Å². The predicted octanol–water partition coefficient (Wildman–Crippen LogP) is 4.05. The van der Waals surface area contributed by atoms with Crippen molar-refractivity contribution >= 4 is 34.1 Å². The van der Waals surface area contributed by atoms with Crippen molar-refractivity contribution in [3.63, 3.8) is 0 Å². The number of H-pyrrole nitrogens is 1. The van der Waals surface area contributed by atoms with Crippen molar-refractivity contribution in [3.05, 3.63) is 84.7 Å².